The van der Waals surface area contributed by atoms with Crippen LogP contribution in [0.2, 0.25) is 0 Å². The Morgan fingerprint density at radius 3 is 2.71 bits per heavy atom. The van der Waals surface area contributed by atoms with E-state index in [-0.39, 0.29) is 5.91 Å². The fourth-order valence-electron chi connectivity index (χ4n) is 1.25. The average molecular weight is 567 g/mol. The minimum Gasteiger partial charge on any atom is -0.352 e. The van der Waals surface area contributed by atoms with Crippen molar-refractivity contribution in [2.24, 2.45) is 0 Å². The van der Waals surface area contributed by atoms with Gasteiger partial charge in [-0.2, -0.15) is 0 Å². The van der Waals surface area contributed by atoms with E-state index in [4.69, 9.17) is 0 Å². The number of amides is 1. The summed E-state index contributed by atoms with van der Waals surface area (Å²) in [6.07, 6.45) is 4.91. The highest BCUT2D eigenvalue weighted by molar-refractivity contribution is 14.1. The van der Waals surface area contributed by atoms with Crippen molar-refractivity contribution in [3.05, 3.63) is 40.6 Å². The normalized spacial score (nSPS) is 10.8. The Hall–Kier alpha value is 0.620. The maximum Gasteiger partial charge on any atom is 0.252 e. The molecule has 0 heterocycles. The van der Waals surface area contributed by atoms with E-state index in [1.54, 1.807) is 0 Å². The lowest BCUT2D eigenvalue weighted by Crippen LogP contribution is -2.25. The van der Waals surface area contributed by atoms with E-state index in [1.807, 2.05) is 25.1 Å². The van der Waals surface area contributed by atoms with Gasteiger partial charge in [0, 0.05) is 17.3 Å². The number of rotatable bonds is 4. The van der Waals surface area contributed by atoms with Crippen LogP contribution in [0.15, 0.2) is 24.3 Å². The fraction of sp³-hybridized carbons (Fsp3) is 0.250. The van der Waals surface area contributed by atoms with Gasteiger partial charge < -0.3 is 5.32 Å². The quantitative estimate of drug-likeness (QED) is 0.252. The molecule has 0 spiro atoms. The standard InChI is InChI=1S/C12H12I3NO/c1-2-3-4-5-16-12(17)9-6-8(13)7-10(14)11(9)15/h2-3,6-7H,4-5H2,1H3,(H,16,17)/b3-2+. The molecule has 1 rings (SSSR count). The molecule has 1 aromatic rings. The zero-order valence-corrected chi connectivity index (χ0v) is 15.7. The van der Waals surface area contributed by atoms with Crippen molar-refractivity contribution in [2.45, 2.75) is 13.3 Å². The van der Waals surface area contributed by atoms with Gasteiger partial charge in [0.05, 0.1) is 5.56 Å². The second kappa shape index (κ2) is 7.93. The molecule has 0 aliphatic carbocycles. The number of carbonyl (C=O) groups excluding carboxylic acids is 1. The highest BCUT2D eigenvalue weighted by Crippen LogP contribution is 2.22. The van der Waals surface area contributed by atoms with Crippen LogP contribution in [-0.2, 0) is 0 Å². The Labute approximate surface area is 142 Å². The van der Waals surface area contributed by atoms with Crippen LogP contribution < -0.4 is 5.32 Å². The van der Waals surface area contributed by atoms with Gasteiger partial charge in [-0.3, -0.25) is 4.79 Å². The Bertz CT molecular complexity index is 444. The second-order valence-corrected chi connectivity index (χ2v) is 6.85. The summed E-state index contributed by atoms with van der Waals surface area (Å²) in [5.74, 6) is 0.00957. The lowest BCUT2D eigenvalue weighted by atomic mass is 10.2. The first-order chi connectivity index (χ1) is 8.06. The molecule has 0 aromatic heterocycles. The van der Waals surface area contributed by atoms with Crippen molar-refractivity contribution in [2.75, 3.05) is 6.54 Å². The van der Waals surface area contributed by atoms with E-state index in [1.165, 1.54) is 0 Å². The molecule has 0 saturated heterocycles. The lowest BCUT2D eigenvalue weighted by molar-refractivity contribution is 0.0953. The Kier molecular flexibility index (Phi) is 7.31. The molecule has 1 N–H and O–H groups in total. The van der Waals surface area contributed by atoms with Crippen molar-refractivity contribution in [1.29, 1.82) is 0 Å². The van der Waals surface area contributed by atoms with E-state index >= 15 is 0 Å². The van der Waals surface area contributed by atoms with Crippen LogP contribution in [0.3, 0.4) is 0 Å². The second-order valence-electron chi connectivity index (χ2n) is 3.36. The molecule has 0 unspecified atom stereocenters. The topological polar surface area (TPSA) is 29.1 Å². The summed E-state index contributed by atoms with van der Waals surface area (Å²) in [6.45, 7) is 2.66. The van der Waals surface area contributed by atoms with Crippen LogP contribution in [0.4, 0.5) is 0 Å². The number of hydrogen-bond donors (Lipinski definition) is 1. The van der Waals surface area contributed by atoms with Crippen molar-refractivity contribution in [3.63, 3.8) is 0 Å². The summed E-state index contributed by atoms with van der Waals surface area (Å²) >= 11 is 6.71. The third-order valence-corrected chi connectivity index (χ3v) is 5.74. The zero-order valence-electron chi connectivity index (χ0n) is 9.27. The zero-order chi connectivity index (χ0) is 12.8. The molecular weight excluding hydrogens is 555 g/mol. The summed E-state index contributed by atoms with van der Waals surface area (Å²) in [7, 11) is 0. The molecule has 2 nitrogen and oxygen atoms in total. The smallest absolute Gasteiger partial charge is 0.252 e. The predicted octanol–water partition coefficient (Wildman–Crippen LogP) is 4.20. The number of hydrogen-bond acceptors (Lipinski definition) is 1. The van der Waals surface area contributed by atoms with E-state index in [0.717, 1.165) is 22.7 Å². The number of carbonyl (C=O) groups is 1. The van der Waals surface area contributed by atoms with Gasteiger partial charge in [0.1, 0.15) is 0 Å². The summed E-state index contributed by atoms with van der Waals surface area (Å²) in [4.78, 5) is 12.0. The van der Waals surface area contributed by atoms with Gasteiger partial charge >= 0.3 is 0 Å². The van der Waals surface area contributed by atoms with Crippen LogP contribution in [0.25, 0.3) is 0 Å². The molecular formula is C12H12I3NO. The van der Waals surface area contributed by atoms with Gasteiger partial charge in [0.25, 0.3) is 5.91 Å². The first kappa shape index (κ1) is 15.7. The number of allylic oxidation sites excluding steroid dienone is 1. The van der Waals surface area contributed by atoms with Gasteiger partial charge in [0.2, 0.25) is 0 Å². The van der Waals surface area contributed by atoms with Crippen molar-refractivity contribution >= 4 is 73.7 Å². The van der Waals surface area contributed by atoms with E-state index in [0.29, 0.717) is 6.54 Å². The minimum atomic E-state index is 0.00957. The monoisotopic (exact) mass is 567 g/mol. The molecule has 0 bridgehead atoms. The van der Waals surface area contributed by atoms with Gasteiger partial charge in [-0.05, 0) is 93.2 Å². The third kappa shape index (κ3) is 5.01. The van der Waals surface area contributed by atoms with Crippen LogP contribution >= 0.6 is 67.8 Å². The fourth-order valence-corrected chi connectivity index (χ4v) is 3.65. The number of halogens is 3. The van der Waals surface area contributed by atoms with E-state index < -0.39 is 0 Å². The SMILES string of the molecule is C/C=C/CCNC(=O)c1cc(I)cc(I)c1I. The van der Waals surface area contributed by atoms with Crippen LogP contribution in [-0.4, -0.2) is 12.5 Å². The Balaban J connectivity index is 2.75. The summed E-state index contributed by atoms with van der Waals surface area (Å²) in [5, 5.41) is 2.93. The predicted molar refractivity (Wildman–Crippen MR) is 96.4 cm³/mol. The van der Waals surface area contributed by atoms with Gasteiger partial charge in [-0.1, -0.05) is 12.2 Å². The van der Waals surface area contributed by atoms with E-state index in [2.05, 4.69) is 79.2 Å². The summed E-state index contributed by atoms with van der Waals surface area (Å²) < 4.78 is 3.23. The van der Waals surface area contributed by atoms with E-state index in [9.17, 15) is 4.79 Å². The first-order valence-electron chi connectivity index (χ1n) is 5.10. The van der Waals surface area contributed by atoms with Crippen LogP contribution in [0, 0.1) is 10.7 Å². The highest BCUT2D eigenvalue weighted by Gasteiger charge is 2.12. The molecule has 92 valence electrons. The molecule has 1 amide bonds. The Morgan fingerprint density at radius 1 is 1.35 bits per heavy atom. The summed E-state index contributed by atoms with van der Waals surface area (Å²) in [5.41, 5.74) is 0.766. The molecule has 0 radical (unpaired) electrons. The molecule has 0 aliphatic rings. The molecule has 1 aromatic carbocycles. The third-order valence-electron chi connectivity index (χ3n) is 2.07. The van der Waals surface area contributed by atoms with Gasteiger partial charge in [0.15, 0.2) is 0 Å². The largest absolute Gasteiger partial charge is 0.352 e. The molecule has 5 heteroatoms. The van der Waals surface area contributed by atoms with Crippen molar-refractivity contribution < 1.29 is 4.79 Å². The molecule has 0 saturated carbocycles. The maximum absolute atomic E-state index is 12.0. The highest BCUT2D eigenvalue weighted by atomic mass is 127. The summed E-state index contributed by atoms with van der Waals surface area (Å²) in [6, 6.07) is 4.00. The molecule has 0 fully saturated rings. The maximum atomic E-state index is 12.0. The van der Waals surface area contributed by atoms with Crippen molar-refractivity contribution in [1.82, 2.24) is 5.32 Å². The number of benzene rings is 1. The number of nitrogens with one attached hydrogen (secondary N) is 1. The first-order valence-corrected chi connectivity index (χ1v) is 8.33. The van der Waals surface area contributed by atoms with Gasteiger partial charge in [-0.15, -0.1) is 0 Å². The lowest BCUT2D eigenvalue weighted by Gasteiger charge is -2.08. The minimum absolute atomic E-state index is 0.00957. The van der Waals surface area contributed by atoms with Gasteiger partial charge in [-0.25, -0.2) is 0 Å². The molecule has 0 aliphatic heterocycles. The molecule has 0 atom stereocenters. The average Bonchev–Trinajstić information content (AvgIpc) is 2.29. The Morgan fingerprint density at radius 2 is 2.06 bits per heavy atom. The van der Waals surface area contributed by atoms with Crippen LogP contribution in [0.1, 0.15) is 23.7 Å². The van der Waals surface area contributed by atoms with Crippen LogP contribution in [0.5, 0.6) is 0 Å². The van der Waals surface area contributed by atoms with Crippen molar-refractivity contribution in [3.8, 4) is 0 Å². The molecule has 17 heavy (non-hydrogen) atoms.